The van der Waals surface area contributed by atoms with E-state index in [1.807, 2.05) is 38.1 Å². The highest BCUT2D eigenvalue weighted by atomic mass is 16.2. The number of amides is 1. The van der Waals surface area contributed by atoms with Crippen molar-refractivity contribution in [1.82, 2.24) is 34.8 Å². The van der Waals surface area contributed by atoms with Crippen molar-refractivity contribution in [2.24, 2.45) is 12.5 Å². The van der Waals surface area contributed by atoms with Crippen LogP contribution < -0.4 is 0 Å². The maximum atomic E-state index is 13.0. The molecule has 2 fully saturated rings. The normalized spacial score (nSPS) is 20.6. The molecule has 1 spiro atoms. The first-order valence-electron chi connectivity index (χ1n) is 10.4. The number of hydrogen-bond acceptors (Lipinski definition) is 5. The Balaban J connectivity index is 1.36. The van der Waals surface area contributed by atoms with Crippen LogP contribution in [0.5, 0.6) is 0 Å². The summed E-state index contributed by atoms with van der Waals surface area (Å²) in [6.07, 6.45) is 1.81. The predicted molar refractivity (Wildman–Crippen MR) is 112 cm³/mol. The van der Waals surface area contributed by atoms with Gasteiger partial charge in [0.15, 0.2) is 5.82 Å². The van der Waals surface area contributed by atoms with Gasteiger partial charge in [-0.3, -0.25) is 19.5 Å². The Morgan fingerprint density at radius 1 is 1.20 bits per heavy atom. The summed E-state index contributed by atoms with van der Waals surface area (Å²) in [5.74, 6) is 1.98. The van der Waals surface area contributed by atoms with Crippen LogP contribution in [0, 0.1) is 19.3 Å². The van der Waals surface area contributed by atoms with Gasteiger partial charge in [-0.15, -0.1) is 0 Å². The molecule has 1 amide bonds. The molecule has 0 radical (unpaired) electrons. The molecular formula is C22H27N7O. The van der Waals surface area contributed by atoms with Crippen LogP contribution >= 0.6 is 0 Å². The number of carbonyl (C=O) groups is 1. The largest absolute Gasteiger partial charge is 0.337 e. The summed E-state index contributed by atoms with van der Waals surface area (Å²) in [5.41, 5.74) is 2.77. The van der Waals surface area contributed by atoms with E-state index in [0.29, 0.717) is 5.56 Å². The molecular weight excluding hydrogens is 378 g/mol. The highest BCUT2D eigenvalue weighted by Crippen LogP contribution is 2.49. The second-order valence-corrected chi connectivity index (χ2v) is 8.81. The van der Waals surface area contributed by atoms with Gasteiger partial charge in [-0.1, -0.05) is 30.3 Å². The minimum absolute atomic E-state index is 0.00477. The number of aryl methyl sites for hydroxylation is 3. The number of nitrogens with zero attached hydrogens (tertiary/aromatic N) is 6. The summed E-state index contributed by atoms with van der Waals surface area (Å²) in [5, 5.41) is 11.8. The van der Waals surface area contributed by atoms with Crippen molar-refractivity contribution < 1.29 is 4.79 Å². The number of hydrogen-bond donors (Lipinski definition) is 1. The predicted octanol–water partition coefficient (Wildman–Crippen LogP) is 1.90. The Hall–Kier alpha value is -3.00. The number of aromatic amines is 1. The molecule has 8 nitrogen and oxygen atoms in total. The lowest BCUT2D eigenvalue weighted by molar-refractivity contribution is 0.00174. The summed E-state index contributed by atoms with van der Waals surface area (Å²) in [6, 6.07) is 10.5. The molecule has 2 aliphatic rings. The van der Waals surface area contributed by atoms with Gasteiger partial charge >= 0.3 is 0 Å². The minimum Gasteiger partial charge on any atom is -0.337 e. The van der Waals surface area contributed by atoms with Crippen LogP contribution in [0.2, 0.25) is 0 Å². The smallest absolute Gasteiger partial charge is 0.257 e. The first kappa shape index (κ1) is 19.0. The van der Waals surface area contributed by atoms with E-state index < -0.39 is 0 Å². The second-order valence-electron chi connectivity index (χ2n) is 8.81. The highest BCUT2D eigenvalue weighted by molar-refractivity contribution is 5.95. The van der Waals surface area contributed by atoms with Crippen LogP contribution in [0.25, 0.3) is 0 Å². The van der Waals surface area contributed by atoms with Crippen LogP contribution in [-0.4, -0.2) is 66.8 Å². The van der Waals surface area contributed by atoms with Gasteiger partial charge in [0.25, 0.3) is 5.91 Å². The van der Waals surface area contributed by atoms with Gasteiger partial charge in [-0.2, -0.15) is 10.2 Å². The topological polar surface area (TPSA) is 82.9 Å². The fraction of sp³-hybridized carbons (Fsp3) is 0.455. The molecule has 2 aromatic heterocycles. The number of likely N-dealkylation sites (tertiary alicyclic amines) is 2. The number of nitrogens with one attached hydrogen (secondary N) is 1. The zero-order chi connectivity index (χ0) is 20.9. The van der Waals surface area contributed by atoms with Gasteiger partial charge in [-0.25, -0.2) is 4.98 Å². The Kier molecular flexibility index (Phi) is 4.47. The fourth-order valence-electron chi connectivity index (χ4n) is 5.06. The van der Waals surface area contributed by atoms with Gasteiger partial charge in [0.1, 0.15) is 5.82 Å². The minimum atomic E-state index is -0.00477. The van der Waals surface area contributed by atoms with Gasteiger partial charge in [0.05, 0.1) is 11.3 Å². The van der Waals surface area contributed by atoms with E-state index in [4.69, 9.17) is 0 Å². The quantitative estimate of drug-likeness (QED) is 0.717. The van der Waals surface area contributed by atoms with Gasteiger partial charge < -0.3 is 4.90 Å². The lowest BCUT2D eigenvalue weighted by atomic mass is 9.71. The fourth-order valence-corrected chi connectivity index (χ4v) is 5.06. The van der Waals surface area contributed by atoms with Crippen molar-refractivity contribution in [3.63, 3.8) is 0 Å². The zero-order valence-corrected chi connectivity index (χ0v) is 17.7. The third-order valence-corrected chi connectivity index (χ3v) is 6.44. The van der Waals surface area contributed by atoms with E-state index in [2.05, 4.69) is 49.4 Å². The van der Waals surface area contributed by atoms with Crippen LogP contribution in [0.1, 0.15) is 39.2 Å². The molecule has 1 atom stereocenters. The average Bonchev–Trinajstić information content (AvgIpc) is 3.37. The lowest BCUT2D eigenvalue weighted by Gasteiger charge is -2.50. The molecule has 1 N–H and O–H groups in total. The van der Waals surface area contributed by atoms with E-state index >= 15 is 0 Å². The van der Waals surface area contributed by atoms with E-state index in [0.717, 1.165) is 50.1 Å². The summed E-state index contributed by atoms with van der Waals surface area (Å²) in [7, 11) is 1.85. The number of carbonyl (C=O) groups excluding carboxylic acids is 1. The maximum Gasteiger partial charge on any atom is 0.257 e. The van der Waals surface area contributed by atoms with Crippen molar-refractivity contribution in [3.05, 3.63) is 65.0 Å². The van der Waals surface area contributed by atoms with Crippen molar-refractivity contribution in [2.45, 2.75) is 26.3 Å². The average molecular weight is 406 g/mol. The van der Waals surface area contributed by atoms with Crippen LogP contribution in [0.15, 0.2) is 36.5 Å². The Labute approximate surface area is 175 Å². The van der Waals surface area contributed by atoms with Crippen LogP contribution in [0.3, 0.4) is 0 Å². The van der Waals surface area contributed by atoms with Gasteiger partial charge in [0.2, 0.25) is 0 Å². The van der Waals surface area contributed by atoms with Crippen molar-refractivity contribution >= 4 is 5.91 Å². The second kappa shape index (κ2) is 7.05. The number of rotatable bonds is 4. The molecule has 5 rings (SSSR count). The molecule has 1 unspecified atom stereocenters. The molecule has 0 bridgehead atoms. The van der Waals surface area contributed by atoms with E-state index in [1.165, 1.54) is 5.56 Å². The summed E-state index contributed by atoms with van der Waals surface area (Å²) < 4.78 is 1.70. The molecule has 156 valence electrons. The lowest BCUT2D eigenvalue weighted by Crippen LogP contribution is -2.61. The van der Waals surface area contributed by atoms with Crippen LogP contribution in [0.4, 0.5) is 0 Å². The molecule has 0 aliphatic carbocycles. The number of H-pyrrole nitrogens is 1. The molecule has 8 heteroatoms. The standard InChI is InChI=1S/C22H27N7O/c1-15-18(10-27(3)26-15)21(30)29-13-22(14-29)12-28(9-17-7-5-4-6-8-17)11-19(22)20-23-16(2)24-25-20/h4-8,10,19H,9,11-14H2,1-3H3,(H,23,24,25). The van der Waals surface area contributed by atoms with Crippen molar-refractivity contribution in [2.75, 3.05) is 26.2 Å². The molecule has 30 heavy (non-hydrogen) atoms. The van der Waals surface area contributed by atoms with Crippen molar-refractivity contribution in [3.8, 4) is 0 Å². The Morgan fingerprint density at radius 3 is 2.60 bits per heavy atom. The highest BCUT2D eigenvalue weighted by Gasteiger charge is 2.57. The molecule has 2 saturated heterocycles. The van der Waals surface area contributed by atoms with E-state index in [-0.39, 0.29) is 17.2 Å². The third-order valence-electron chi connectivity index (χ3n) is 6.44. The first-order valence-corrected chi connectivity index (χ1v) is 10.4. The molecule has 4 heterocycles. The SMILES string of the molecule is Cc1nc(C2CN(Cc3ccccc3)CC23CN(C(=O)c2cn(C)nc2C)C3)n[nH]1. The van der Waals surface area contributed by atoms with Crippen molar-refractivity contribution in [1.29, 1.82) is 0 Å². The molecule has 3 aromatic rings. The monoisotopic (exact) mass is 405 g/mol. The zero-order valence-electron chi connectivity index (χ0n) is 17.7. The Bertz CT molecular complexity index is 1060. The van der Waals surface area contributed by atoms with Gasteiger partial charge in [0, 0.05) is 57.3 Å². The van der Waals surface area contributed by atoms with E-state index in [1.54, 1.807) is 4.68 Å². The third kappa shape index (κ3) is 3.21. The van der Waals surface area contributed by atoms with Crippen LogP contribution in [-0.2, 0) is 13.6 Å². The van der Waals surface area contributed by atoms with Gasteiger partial charge in [-0.05, 0) is 19.4 Å². The summed E-state index contributed by atoms with van der Waals surface area (Å²) in [4.78, 5) is 22.1. The first-order chi connectivity index (χ1) is 14.4. The molecule has 1 aromatic carbocycles. The summed E-state index contributed by atoms with van der Waals surface area (Å²) in [6.45, 7) is 8.02. The Morgan fingerprint density at radius 2 is 1.97 bits per heavy atom. The molecule has 0 saturated carbocycles. The maximum absolute atomic E-state index is 13.0. The van der Waals surface area contributed by atoms with E-state index in [9.17, 15) is 4.79 Å². The number of aromatic nitrogens is 5. The molecule has 2 aliphatic heterocycles. The number of benzene rings is 1. The summed E-state index contributed by atoms with van der Waals surface area (Å²) >= 11 is 0.